The number of benzene rings is 2. The van der Waals surface area contributed by atoms with Crippen molar-refractivity contribution in [2.75, 3.05) is 37.3 Å². The van der Waals surface area contributed by atoms with Crippen LogP contribution in [0.5, 0.6) is 0 Å². The molecule has 6 aromatic heterocycles. The van der Waals surface area contributed by atoms with Crippen LogP contribution in [-0.4, -0.2) is 105 Å². The fourth-order valence-electron chi connectivity index (χ4n) is 8.87. The lowest BCUT2D eigenvalue weighted by molar-refractivity contribution is 0.0623. The van der Waals surface area contributed by atoms with Crippen molar-refractivity contribution in [2.24, 2.45) is 0 Å². The first kappa shape index (κ1) is 56.2. The number of hydrogen-bond acceptors (Lipinski definition) is 15. The highest BCUT2D eigenvalue weighted by Gasteiger charge is 2.31. The second kappa shape index (κ2) is 22.9. The van der Waals surface area contributed by atoms with E-state index in [4.69, 9.17) is 32.7 Å². The number of pyridine rings is 2. The summed E-state index contributed by atoms with van der Waals surface area (Å²) in [6.07, 6.45) is 1.38. The maximum absolute atomic E-state index is 14.5. The Balaban J connectivity index is 1.05. The standard InChI is InChI=1S/C53H60Cl2N14O9/c1-28(35-25-30-13-10-15-32(54)38(30)48(73)66(35)23-20-56-9)61-47(72)41-43(63-51(76)78-53(6,7)8)65-69-34(17-19-59-45(41)69)37(70)27-57-21-24-67-36(26-31-14-11-16-33(55)39(31)49(67)74)29(2)60-46(71)40-42(62-50(75)77-52(3,4)5)64-68-22-12-18-58-44(40)68/h10-19,22,25-26,28-29,37,56-57,70H,20-21,23-24,27H2,1-9H3,(H,60,71)(H,61,72)(H,62,64,75)(H,63,65,76). The molecule has 0 aliphatic rings. The molecule has 0 aliphatic carbocycles. The maximum atomic E-state index is 14.5. The summed E-state index contributed by atoms with van der Waals surface area (Å²) in [7, 11) is 1.76. The lowest BCUT2D eigenvalue weighted by Crippen LogP contribution is -2.36. The Morgan fingerprint density at radius 2 is 1.17 bits per heavy atom. The largest absolute Gasteiger partial charge is 0.444 e. The van der Waals surface area contributed by atoms with E-state index < -0.39 is 58.9 Å². The Labute approximate surface area is 456 Å². The van der Waals surface area contributed by atoms with Crippen LogP contribution >= 0.6 is 23.2 Å². The molecule has 0 aliphatic heterocycles. The van der Waals surface area contributed by atoms with Gasteiger partial charge in [-0.3, -0.25) is 29.8 Å². The molecule has 3 unspecified atom stereocenters. The first-order valence-corrected chi connectivity index (χ1v) is 25.7. The van der Waals surface area contributed by atoms with E-state index in [0.29, 0.717) is 39.1 Å². The third kappa shape index (κ3) is 12.2. The van der Waals surface area contributed by atoms with Gasteiger partial charge in [0.25, 0.3) is 22.9 Å². The van der Waals surface area contributed by atoms with E-state index in [9.17, 15) is 33.9 Å². The lowest BCUT2D eigenvalue weighted by Gasteiger charge is -2.22. The normalized spacial score (nSPS) is 13.1. The van der Waals surface area contributed by atoms with Gasteiger partial charge in [0.1, 0.15) is 28.4 Å². The summed E-state index contributed by atoms with van der Waals surface area (Å²) in [6, 6.07) is 15.2. The monoisotopic (exact) mass is 1110 g/mol. The van der Waals surface area contributed by atoms with Crippen LogP contribution in [0.25, 0.3) is 32.8 Å². The van der Waals surface area contributed by atoms with Crippen molar-refractivity contribution in [1.82, 2.24) is 59.6 Å². The van der Waals surface area contributed by atoms with E-state index in [1.54, 1.807) is 128 Å². The average Bonchev–Trinajstić information content (AvgIpc) is 3.99. The number of nitrogens with one attached hydrogen (secondary N) is 6. The van der Waals surface area contributed by atoms with E-state index in [0.717, 1.165) is 0 Å². The van der Waals surface area contributed by atoms with Gasteiger partial charge in [-0.25, -0.2) is 28.6 Å². The molecule has 3 atom stereocenters. The van der Waals surface area contributed by atoms with Crippen LogP contribution < -0.4 is 43.0 Å². The third-order valence-electron chi connectivity index (χ3n) is 12.2. The number of anilines is 2. The van der Waals surface area contributed by atoms with Gasteiger partial charge in [-0.15, -0.1) is 10.2 Å². The SMILES string of the molecule is CNCCn1c(C(C)NC(=O)c2c(NC(=O)OC(C)(C)C)nn3c(C(O)CNCCn4c(C(C)NC(=O)c5c(NC(=O)OC(C)(C)C)nn6cccnc56)cc5cccc(Cl)c5c4=O)ccnc23)cc2cccc(Cl)c2c1=O. The molecule has 410 valence electrons. The van der Waals surface area contributed by atoms with Gasteiger partial charge in [0, 0.05) is 62.7 Å². The minimum Gasteiger partial charge on any atom is -0.444 e. The number of likely N-dealkylation sites (N-methyl/N-ethyl adjacent to an activating group) is 1. The molecule has 4 amide bonds. The highest BCUT2D eigenvalue weighted by molar-refractivity contribution is 6.35. The van der Waals surface area contributed by atoms with Gasteiger partial charge in [-0.2, -0.15) is 0 Å². The van der Waals surface area contributed by atoms with Gasteiger partial charge in [0.05, 0.1) is 38.6 Å². The zero-order valence-corrected chi connectivity index (χ0v) is 45.8. The first-order valence-electron chi connectivity index (χ1n) is 24.9. The van der Waals surface area contributed by atoms with Crippen molar-refractivity contribution in [3.05, 3.63) is 138 Å². The van der Waals surface area contributed by atoms with Crippen LogP contribution in [0.15, 0.2) is 88.8 Å². The Kier molecular flexibility index (Phi) is 16.5. The van der Waals surface area contributed by atoms with Gasteiger partial charge >= 0.3 is 12.2 Å². The quantitative estimate of drug-likeness (QED) is 0.0455. The number of fused-ring (bicyclic) bond motifs is 4. The van der Waals surface area contributed by atoms with Crippen LogP contribution in [0.1, 0.15) is 111 Å². The van der Waals surface area contributed by atoms with Crippen molar-refractivity contribution in [3.8, 4) is 0 Å². The summed E-state index contributed by atoms with van der Waals surface area (Å²) in [5.41, 5.74) is -1.53. The van der Waals surface area contributed by atoms with Crippen LogP contribution in [0.2, 0.25) is 10.0 Å². The van der Waals surface area contributed by atoms with Crippen LogP contribution in [0.4, 0.5) is 21.2 Å². The smallest absolute Gasteiger partial charge is 0.413 e. The predicted octanol–water partition coefficient (Wildman–Crippen LogP) is 6.93. The second-order valence-corrected chi connectivity index (χ2v) is 21.2. The highest BCUT2D eigenvalue weighted by Crippen LogP contribution is 2.29. The number of nitrogens with zero attached hydrogens (tertiary/aromatic N) is 8. The minimum atomic E-state index is -1.31. The lowest BCUT2D eigenvalue weighted by atomic mass is 10.1. The summed E-state index contributed by atoms with van der Waals surface area (Å²) < 4.78 is 16.5. The van der Waals surface area contributed by atoms with Crippen molar-refractivity contribution >= 4 is 91.7 Å². The van der Waals surface area contributed by atoms with Crippen molar-refractivity contribution < 1.29 is 33.8 Å². The summed E-state index contributed by atoms with van der Waals surface area (Å²) >= 11 is 13.1. The summed E-state index contributed by atoms with van der Waals surface area (Å²) in [5.74, 6) is -1.68. The van der Waals surface area contributed by atoms with Crippen molar-refractivity contribution in [3.63, 3.8) is 0 Å². The van der Waals surface area contributed by atoms with Gasteiger partial charge < -0.3 is 45.0 Å². The van der Waals surface area contributed by atoms with Gasteiger partial charge in [0.15, 0.2) is 22.9 Å². The molecule has 8 aromatic rings. The highest BCUT2D eigenvalue weighted by atomic mass is 35.5. The Morgan fingerprint density at radius 1 is 0.667 bits per heavy atom. The molecule has 0 saturated heterocycles. The van der Waals surface area contributed by atoms with Crippen LogP contribution in [-0.2, 0) is 22.6 Å². The molecule has 0 saturated carbocycles. The Morgan fingerprint density at radius 3 is 1.69 bits per heavy atom. The number of amides is 4. The van der Waals surface area contributed by atoms with Crippen molar-refractivity contribution in [1.29, 1.82) is 0 Å². The molecule has 78 heavy (non-hydrogen) atoms. The molecular weight excluding hydrogens is 1050 g/mol. The summed E-state index contributed by atoms with van der Waals surface area (Å²) in [4.78, 5) is 91.9. The molecule has 0 spiro atoms. The number of aliphatic hydroxyl groups is 1. The topological polar surface area (TPSA) is 284 Å². The van der Waals surface area contributed by atoms with Gasteiger partial charge in [0.2, 0.25) is 0 Å². The van der Waals surface area contributed by atoms with E-state index >= 15 is 0 Å². The molecule has 0 bridgehead atoms. The van der Waals surface area contributed by atoms with Crippen LogP contribution in [0, 0.1) is 0 Å². The van der Waals surface area contributed by atoms with E-state index in [-0.39, 0.29) is 81.9 Å². The van der Waals surface area contributed by atoms with Gasteiger partial charge in [-0.1, -0.05) is 47.5 Å². The number of aromatic nitrogens is 8. The molecule has 7 N–H and O–H groups in total. The molecule has 2 aromatic carbocycles. The fourth-order valence-corrected chi connectivity index (χ4v) is 9.40. The number of hydrogen-bond donors (Lipinski definition) is 7. The number of aliphatic hydroxyl groups excluding tert-OH is 1. The Hall–Kier alpha value is -7.96. The van der Waals surface area contributed by atoms with Gasteiger partial charge in [-0.05, 0) is 110 Å². The summed E-state index contributed by atoms with van der Waals surface area (Å²) in [6.45, 7) is 14.3. The number of carbonyl (C=O) groups excluding carboxylic acids is 4. The van der Waals surface area contributed by atoms with Crippen molar-refractivity contribution in [2.45, 2.75) is 97.9 Å². The zero-order chi connectivity index (χ0) is 56.4. The molecule has 8 rings (SSSR count). The molecule has 23 nitrogen and oxygen atoms in total. The van der Waals surface area contributed by atoms with E-state index in [2.05, 4.69) is 52.1 Å². The Bertz CT molecular complexity index is 3750. The maximum Gasteiger partial charge on any atom is 0.413 e. The number of ether oxygens (including phenoxy) is 2. The molecule has 25 heteroatoms. The fraction of sp³-hybridized carbons (Fsp3) is 0.358. The minimum absolute atomic E-state index is 0.0203. The average molecular weight is 1110 g/mol. The number of rotatable bonds is 17. The summed E-state index contributed by atoms with van der Waals surface area (Å²) in [5, 5.41) is 40.2. The molecule has 0 fully saturated rings. The van der Waals surface area contributed by atoms with Crippen LogP contribution in [0.3, 0.4) is 0 Å². The molecular formula is C53H60Cl2N14O9. The predicted molar refractivity (Wildman–Crippen MR) is 296 cm³/mol. The van der Waals surface area contributed by atoms with E-state index in [1.165, 1.54) is 32.1 Å². The van der Waals surface area contributed by atoms with E-state index in [1.807, 2.05) is 0 Å². The first-order chi connectivity index (χ1) is 36.9. The third-order valence-corrected chi connectivity index (χ3v) is 12.9. The molecule has 0 radical (unpaired) electrons. The molecule has 6 heterocycles. The number of halogens is 2. The number of carbonyl (C=O) groups is 4. The zero-order valence-electron chi connectivity index (χ0n) is 44.3. The second-order valence-electron chi connectivity index (χ2n) is 20.4.